The summed E-state index contributed by atoms with van der Waals surface area (Å²) in [4.78, 5) is 12.3. The summed E-state index contributed by atoms with van der Waals surface area (Å²) in [5, 5.41) is 2.96. The average Bonchev–Trinajstić information content (AvgIpc) is 2.42. The summed E-state index contributed by atoms with van der Waals surface area (Å²) in [5.74, 6) is 0.527. The first-order chi connectivity index (χ1) is 9.51. The third-order valence-corrected chi connectivity index (χ3v) is 3.53. The number of hydrogen-bond donors (Lipinski definition) is 1. The van der Waals surface area contributed by atoms with Crippen molar-refractivity contribution in [3.05, 3.63) is 57.6 Å². The Morgan fingerprint density at radius 1 is 1.15 bits per heavy atom. The molecule has 3 nitrogen and oxygen atoms in total. The van der Waals surface area contributed by atoms with Gasteiger partial charge in [-0.1, -0.05) is 22.0 Å². The third-order valence-electron chi connectivity index (χ3n) is 3.07. The van der Waals surface area contributed by atoms with E-state index in [1.54, 1.807) is 25.3 Å². The minimum absolute atomic E-state index is 0.141. The second-order valence-electron chi connectivity index (χ2n) is 4.60. The maximum Gasteiger partial charge on any atom is 0.255 e. The van der Waals surface area contributed by atoms with E-state index in [1.165, 1.54) is 0 Å². The maximum atomic E-state index is 12.3. The monoisotopic (exact) mass is 333 g/mol. The van der Waals surface area contributed by atoms with Gasteiger partial charge in [0.05, 0.1) is 7.11 Å². The molecule has 2 rings (SSSR count). The van der Waals surface area contributed by atoms with E-state index < -0.39 is 0 Å². The van der Waals surface area contributed by atoms with E-state index in [0.717, 1.165) is 21.3 Å². The van der Waals surface area contributed by atoms with Crippen LogP contribution in [0.25, 0.3) is 0 Å². The van der Waals surface area contributed by atoms with Crippen molar-refractivity contribution in [3.63, 3.8) is 0 Å². The van der Waals surface area contributed by atoms with Gasteiger partial charge in [0.15, 0.2) is 0 Å². The van der Waals surface area contributed by atoms with Gasteiger partial charge in [0.1, 0.15) is 5.75 Å². The molecule has 0 aliphatic heterocycles. The lowest BCUT2D eigenvalue weighted by molar-refractivity contribution is 0.102. The van der Waals surface area contributed by atoms with Crippen LogP contribution in [-0.2, 0) is 0 Å². The molecule has 20 heavy (non-hydrogen) atoms. The van der Waals surface area contributed by atoms with Gasteiger partial charge in [-0.25, -0.2) is 0 Å². The van der Waals surface area contributed by atoms with E-state index in [2.05, 4.69) is 21.2 Å². The molecule has 4 heteroatoms. The number of hydrogen-bond acceptors (Lipinski definition) is 2. The molecule has 0 unspecified atom stereocenters. The molecule has 2 aromatic rings. The van der Waals surface area contributed by atoms with Crippen LogP contribution >= 0.6 is 15.9 Å². The van der Waals surface area contributed by atoms with Gasteiger partial charge in [-0.2, -0.15) is 0 Å². The van der Waals surface area contributed by atoms with Crippen molar-refractivity contribution in [2.75, 3.05) is 12.4 Å². The van der Waals surface area contributed by atoms with Gasteiger partial charge in [0, 0.05) is 15.7 Å². The van der Waals surface area contributed by atoms with Crippen LogP contribution in [0.1, 0.15) is 21.5 Å². The first kappa shape index (κ1) is 14.6. The fourth-order valence-electron chi connectivity index (χ4n) is 2.06. The molecule has 0 aliphatic carbocycles. The number of carbonyl (C=O) groups is 1. The molecule has 104 valence electrons. The second-order valence-corrected chi connectivity index (χ2v) is 5.52. The molecule has 0 radical (unpaired) electrons. The fraction of sp³-hybridized carbons (Fsp3) is 0.188. The Morgan fingerprint density at radius 3 is 2.40 bits per heavy atom. The molecule has 0 spiro atoms. The van der Waals surface area contributed by atoms with Crippen LogP contribution in [-0.4, -0.2) is 13.0 Å². The zero-order valence-corrected chi connectivity index (χ0v) is 13.2. The molecule has 0 aliphatic rings. The number of nitrogens with one attached hydrogen (secondary N) is 1. The lowest BCUT2D eigenvalue weighted by atomic mass is 10.1. The van der Waals surface area contributed by atoms with Gasteiger partial charge < -0.3 is 10.1 Å². The molecule has 1 N–H and O–H groups in total. The topological polar surface area (TPSA) is 38.3 Å². The first-order valence-electron chi connectivity index (χ1n) is 6.23. The Labute approximate surface area is 127 Å². The van der Waals surface area contributed by atoms with Crippen LogP contribution < -0.4 is 10.1 Å². The third kappa shape index (κ3) is 3.20. The Kier molecular flexibility index (Phi) is 4.45. The van der Waals surface area contributed by atoms with Crippen molar-refractivity contribution in [1.82, 2.24) is 0 Å². The van der Waals surface area contributed by atoms with Gasteiger partial charge in [0.25, 0.3) is 5.91 Å². The van der Waals surface area contributed by atoms with Crippen molar-refractivity contribution in [3.8, 4) is 5.75 Å². The van der Waals surface area contributed by atoms with Crippen molar-refractivity contribution >= 4 is 27.5 Å². The molecule has 0 bridgehead atoms. The highest BCUT2D eigenvalue weighted by atomic mass is 79.9. The summed E-state index contributed by atoms with van der Waals surface area (Å²) in [6, 6.07) is 11.1. The highest BCUT2D eigenvalue weighted by molar-refractivity contribution is 9.10. The molecule has 0 saturated heterocycles. The molecule has 0 heterocycles. The molecule has 0 atom stereocenters. The van der Waals surface area contributed by atoms with Crippen LogP contribution in [0.3, 0.4) is 0 Å². The summed E-state index contributed by atoms with van der Waals surface area (Å²) >= 11 is 3.45. The van der Waals surface area contributed by atoms with Crippen LogP contribution in [0.2, 0.25) is 0 Å². The summed E-state index contributed by atoms with van der Waals surface area (Å²) in [7, 11) is 1.58. The molecule has 0 fully saturated rings. The highest BCUT2D eigenvalue weighted by Gasteiger charge is 2.11. The van der Waals surface area contributed by atoms with Gasteiger partial charge in [-0.15, -0.1) is 0 Å². The van der Waals surface area contributed by atoms with E-state index in [4.69, 9.17) is 4.74 Å². The quantitative estimate of drug-likeness (QED) is 0.907. The zero-order chi connectivity index (χ0) is 14.7. The number of anilines is 1. The van der Waals surface area contributed by atoms with Gasteiger partial charge >= 0.3 is 0 Å². The zero-order valence-electron chi connectivity index (χ0n) is 11.7. The first-order valence-corrected chi connectivity index (χ1v) is 7.02. The van der Waals surface area contributed by atoms with E-state index in [-0.39, 0.29) is 5.91 Å². The second kappa shape index (κ2) is 6.09. The van der Waals surface area contributed by atoms with Gasteiger partial charge in [-0.3, -0.25) is 4.79 Å². The predicted molar refractivity (Wildman–Crippen MR) is 84.6 cm³/mol. The Hall–Kier alpha value is -1.81. The molecular weight excluding hydrogens is 318 g/mol. The molecule has 0 aromatic heterocycles. The van der Waals surface area contributed by atoms with Crippen LogP contribution in [0, 0.1) is 13.8 Å². The number of benzene rings is 2. The van der Waals surface area contributed by atoms with Crippen molar-refractivity contribution in [2.45, 2.75) is 13.8 Å². The highest BCUT2D eigenvalue weighted by Crippen LogP contribution is 2.26. The van der Waals surface area contributed by atoms with Crippen LogP contribution in [0.5, 0.6) is 5.75 Å². The van der Waals surface area contributed by atoms with Gasteiger partial charge in [0.2, 0.25) is 0 Å². The van der Waals surface area contributed by atoms with Crippen molar-refractivity contribution < 1.29 is 9.53 Å². The van der Waals surface area contributed by atoms with Crippen molar-refractivity contribution in [1.29, 1.82) is 0 Å². The summed E-state index contributed by atoms with van der Waals surface area (Å²) < 4.78 is 6.14. The number of amides is 1. The Balaban J connectivity index is 2.28. The van der Waals surface area contributed by atoms with Crippen LogP contribution in [0.15, 0.2) is 40.9 Å². The number of methoxy groups -OCH3 is 1. The number of ether oxygens (including phenoxy) is 1. The fourth-order valence-corrected chi connectivity index (χ4v) is 2.74. The SMILES string of the molecule is COc1cccc(C(=O)Nc2c(C)cc(Br)cc2C)c1. The number of halogens is 1. The molecule has 0 saturated carbocycles. The van der Waals surface area contributed by atoms with Crippen molar-refractivity contribution in [2.24, 2.45) is 0 Å². The smallest absolute Gasteiger partial charge is 0.255 e. The van der Waals surface area contributed by atoms with E-state index in [9.17, 15) is 4.79 Å². The lowest BCUT2D eigenvalue weighted by Gasteiger charge is -2.12. The van der Waals surface area contributed by atoms with E-state index in [0.29, 0.717) is 11.3 Å². The minimum Gasteiger partial charge on any atom is -0.497 e. The Bertz CT molecular complexity index is 630. The number of rotatable bonds is 3. The Morgan fingerprint density at radius 2 is 1.80 bits per heavy atom. The van der Waals surface area contributed by atoms with E-state index in [1.807, 2.05) is 32.0 Å². The summed E-state index contributed by atoms with van der Waals surface area (Å²) in [5.41, 5.74) is 3.47. The largest absolute Gasteiger partial charge is 0.497 e. The number of aryl methyl sites for hydroxylation is 2. The predicted octanol–water partition coefficient (Wildman–Crippen LogP) is 4.33. The molecule has 1 amide bonds. The van der Waals surface area contributed by atoms with Gasteiger partial charge in [-0.05, 0) is 55.3 Å². The standard InChI is InChI=1S/C16H16BrNO2/c1-10-7-13(17)8-11(2)15(10)18-16(19)12-5-4-6-14(9-12)20-3/h4-9H,1-3H3,(H,18,19). The average molecular weight is 334 g/mol. The summed E-state index contributed by atoms with van der Waals surface area (Å²) in [6.45, 7) is 3.94. The molecule has 2 aromatic carbocycles. The summed E-state index contributed by atoms with van der Waals surface area (Å²) in [6.07, 6.45) is 0. The minimum atomic E-state index is -0.141. The molecular formula is C16H16BrNO2. The normalized spacial score (nSPS) is 10.2. The van der Waals surface area contributed by atoms with Crippen LogP contribution in [0.4, 0.5) is 5.69 Å². The van der Waals surface area contributed by atoms with E-state index >= 15 is 0 Å². The number of carbonyl (C=O) groups excluding carboxylic acids is 1. The lowest BCUT2D eigenvalue weighted by Crippen LogP contribution is -2.13. The maximum absolute atomic E-state index is 12.3.